The Bertz CT molecular complexity index is 257. The van der Waals surface area contributed by atoms with E-state index < -0.39 is 10.8 Å². The van der Waals surface area contributed by atoms with Crippen LogP contribution in [0.1, 0.15) is 33.6 Å². The van der Waals surface area contributed by atoms with Crippen LogP contribution >= 0.6 is 0 Å². The van der Waals surface area contributed by atoms with Crippen LogP contribution in [0.2, 0.25) is 0 Å². The van der Waals surface area contributed by atoms with Gasteiger partial charge < -0.3 is 11.1 Å². The van der Waals surface area contributed by atoms with Gasteiger partial charge >= 0.3 is 0 Å². The molecule has 102 valence electrons. The average Bonchev–Trinajstić information content (AvgIpc) is 2.22. The van der Waals surface area contributed by atoms with Gasteiger partial charge in [0, 0.05) is 35.4 Å². The van der Waals surface area contributed by atoms with E-state index in [9.17, 15) is 9.00 Å². The van der Waals surface area contributed by atoms with Crippen molar-refractivity contribution in [1.29, 1.82) is 0 Å². The molecule has 3 N–H and O–H groups in total. The maximum absolute atomic E-state index is 11.9. The maximum Gasteiger partial charge on any atom is 0.224 e. The minimum atomic E-state index is -0.799. The van der Waals surface area contributed by atoms with Crippen molar-refractivity contribution in [3.8, 4) is 0 Å². The molecule has 0 aliphatic carbocycles. The molecule has 0 saturated carbocycles. The molecular formula is C12H26N2O2S. The normalized spacial score (nSPS) is 16.6. The van der Waals surface area contributed by atoms with Gasteiger partial charge in [-0.3, -0.25) is 9.00 Å². The fraction of sp³-hybridized carbons (Fsp3) is 0.917. The van der Waals surface area contributed by atoms with Crippen molar-refractivity contribution in [3.05, 3.63) is 0 Å². The Kier molecular flexibility index (Phi) is 8.43. The number of nitrogens with one attached hydrogen (secondary N) is 1. The van der Waals surface area contributed by atoms with Crippen LogP contribution in [-0.2, 0) is 15.6 Å². The Hall–Kier alpha value is -0.420. The molecule has 0 aromatic carbocycles. The first-order valence-corrected chi connectivity index (χ1v) is 7.90. The fourth-order valence-corrected chi connectivity index (χ4v) is 2.34. The second-order valence-electron chi connectivity index (χ2n) is 5.04. The van der Waals surface area contributed by atoms with Crippen LogP contribution in [-0.4, -0.2) is 34.7 Å². The minimum Gasteiger partial charge on any atom is -0.353 e. The number of hydrogen-bond donors (Lipinski definition) is 2. The number of amides is 1. The summed E-state index contributed by atoms with van der Waals surface area (Å²) in [4.78, 5) is 11.9. The van der Waals surface area contributed by atoms with E-state index in [0.717, 1.165) is 12.8 Å². The molecule has 5 heteroatoms. The van der Waals surface area contributed by atoms with Gasteiger partial charge in [0.2, 0.25) is 5.91 Å². The molecule has 3 unspecified atom stereocenters. The summed E-state index contributed by atoms with van der Waals surface area (Å²) in [5.74, 6) is 1.01. The lowest BCUT2D eigenvalue weighted by Gasteiger charge is -2.20. The first-order valence-electron chi connectivity index (χ1n) is 6.17. The summed E-state index contributed by atoms with van der Waals surface area (Å²) < 4.78 is 10.9. The molecule has 0 aliphatic heterocycles. The summed E-state index contributed by atoms with van der Waals surface area (Å²) in [7, 11) is -0.799. The third-order valence-electron chi connectivity index (χ3n) is 2.64. The van der Waals surface area contributed by atoms with E-state index in [1.54, 1.807) is 6.26 Å². The topological polar surface area (TPSA) is 72.2 Å². The van der Waals surface area contributed by atoms with Gasteiger partial charge in [-0.25, -0.2) is 0 Å². The standard InChI is InChI=1S/C12H26N2O2S/c1-9(2)7-11(8-13)12(15)14-10(3)5-6-17(4)16/h9-11H,5-8,13H2,1-4H3,(H,14,15). The summed E-state index contributed by atoms with van der Waals surface area (Å²) in [6.45, 7) is 6.49. The Balaban J connectivity index is 4.07. The van der Waals surface area contributed by atoms with Gasteiger partial charge in [-0.1, -0.05) is 13.8 Å². The van der Waals surface area contributed by atoms with Gasteiger partial charge in [0.05, 0.1) is 5.92 Å². The highest BCUT2D eigenvalue weighted by atomic mass is 32.2. The first kappa shape index (κ1) is 16.6. The van der Waals surface area contributed by atoms with Crippen LogP contribution < -0.4 is 11.1 Å². The van der Waals surface area contributed by atoms with Crippen molar-refractivity contribution in [2.24, 2.45) is 17.6 Å². The molecule has 1 amide bonds. The second-order valence-corrected chi connectivity index (χ2v) is 6.59. The van der Waals surface area contributed by atoms with Gasteiger partial charge in [-0.15, -0.1) is 0 Å². The maximum atomic E-state index is 11.9. The lowest BCUT2D eigenvalue weighted by molar-refractivity contribution is -0.125. The number of rotatable bonds is 8. The molecule has 17 heavy (non-hydrogen) atoms. The lowest BCUT2D eigenvalue weighted by Crippen LogP contribution is -2.41. The van der Waals surface area contributed by atoms with Crippen molar-refractivity contribution in [1.82, 2.24) is 5.32 Å². The molecule has 0 aliphatic rings. The summed E-state index contributed by atoms with van der Waals surface area (Å²) >= 11 is 0. The van der Waals surface area contributed by atoms with Crippen LogP contribution in [0.15, 0.2) is 0 Å². The highest BCUT2D eigenvalue weighted by molar-refractivity contribution is 7.84. The van der Waals surface area contributed by atoms with Gasteiger partial charge in [0.1, 0.15) is 0 Å². The third-order valence-corrected chi connectivity index (χ3v) is 3.45. The highest BCUT2D eigenvalue weighted by Crippen LogP contribution is 2.11. The number of hydrogen-bond acceptors (Lipinski definition) is 3. The van der Waals surface area contributed by atoms with Crippen LogP contribution in [0.5, 0.6) is 0 Å². The number of carbonyl (C=O) groups is 1. The quantitative estimate of drug-likeness (QED) is 0.682. The SMILES string of the molecule is CC(C)CC(CN)C(=O)NC(C)CCS(C)=O. The summed E-state index contributed by atoms with van der Waals surface area (Å²) in [6, 6.07) is 0.0626. The number of nitrogens with two attached hydrogens (primary N) is 1. The van der Waals surface area contributed by atoms with Crippen molar-refractivity contribution >= 4 is 16.7 Å². The molecule has 0 rings (SSSR count). The first-order chi connectivity index (χ1) is 7.86. The predicted octanol–water partition coefficient (Wildman–Crippen LogP) is 0.881. The zero-order valence-corrected chi connectivity index (χ0v) is 12.2. The van der Waals surface area contributed by atoms with E-state index in [1.807, 2.05) is 6.92 Å². The predicted molar refractivity (Wildman–Crippen MR) is 73.2 cm³/mol. The Morgan fingerprint density at radius 2 is 1.94 bits per heavy atom. The van der Waals surface area contributed by atoms with Gasteiger partial charge in [0.15, 0.2) is 0 Å². The second kappa shape index (κ2) is 8.64. The molecule has 0 aromatic heterocycles. The summed E-state index contributed by atoms with van der Waals surface area (Å²) in [5, 5.41) is 2.94. The monoisotopic (exact) mass is 262 g/mol. The van der Waals surface area contributed by atoms with Crippen molar-refractivity contribution in [2.75, 3.05) is 18.6 Å². The largest absolute Gasteiger partial charge is 0.353 e. The van der Waals surface area contributed by atoms with E-state index in [-0.39, 0.29) is 17.9 Å². The minimum absolute atomic E-state index is 0.0237. The molecular weight excluding hydrogens is 236 g/mol. The molecule has 4 nitrogen and oxygen atoms in total. The Morgan fingerprint density at radius 3 is 2.35 bits per heavy atom. The number of carbonyl (C=O) groups excluding carboxylic acids is 1. The summed E-state index contributed by atoms with van der Waals surface area (Å²) in [5.41, 5.74) is 5.61. The van der Waals surface area contributed by atoms with Crippen LogP contribution in [0, 0.1) is 11.8 Å². The third kappa shape index (κ3) is 8.32. The molecule has 0 saturated heterocycles. The van der Waals surface area contributed by atoms with Crippen molar-refractivity contribution in [3.63, 3.8) is 0 Å². The van der Waals surface area contributed by atoms with E-state index in [1.165, 1.54) is 0 Å². The molecule has 0 spiro atoms. The highest BCUT2D eigenvalue weighted by Gasteiger charge is 2.19. The fourth-order valence-electron chi connectivity index (χ4n) is 1.65. The summed E-state index contributed by atoms with van der Waals surface area (Å²) in [6.07, 6.45) is 3.23. The smallest absolute Gasteiger partial charge is 0.224 e. The molecule has 0 radical (unpaired) electrons. The molecule has 3 atom stereocenters. The van der Waals surface area contributed by atoms with Crippen LogP contribution in [0.3, 0.4) is 0 Å². The van der Waals surface area contributed by atoms with Crippen molar-refractivity contribution < 1.29 is 9.00 Å². The molecule has 0 heterocycles. The molecule has 0 bridgehead atoms. The molecule has 0 fully saturated rings. The van der Waals surface area contributed by atoms with E-state index in [0.29, 0.717) is 18.2 Å². The lowest BCUT2D eigenvalue weighted by atomic mass is 9.96. The van der Waals surface area contributed by atoms with Crippen LogP contribution in [0.25, 0.3) is 0 Å². The van der Waals surface area contributed by atoms with Gasteiger partial charge in [0.25, 0.3) is 0 Å². The zero-order valence-electron chi connectivity index (χ0n) is 11.4. The van der Waals surface area contributed by atoms with E-state index >= 15 is 0 Å². The Morgan fingerprint density at radius 1 is 1.35 bits per heavy atom. The molecule has 0 aromatic rings. The van der Waals surface area contributed by atoms with Crippen molar-refractivity contribution in [2.45, 2.75) is 39.7 Å². The zero-order chi connectivity index (χ0) is 13.4. The average molecular weight is 262 g/mol. The van der Waals surface area contributed by atoms with E-state index in [4.69, 9.17) is 5.73 Å². The van der Waals surface area contributed by atoms with Gasteiger partial charge in [-0.05, 0) is 25.7 Å². The van der Waals surface area contributed by atoms with E-state index in [2.05, 4.69) is 19.2 Å². The Labute approximate surface area is 107 Å². The van der Waals surface area contributed by atoms with Crippen LogP contribution in [0.4, 0.5) is 0 Å². The van der Waals surface area contributed by atoms with Gasteiger partial charge in [-0.2, -0.15) is 0 Å².